The standard InChI is InChI=1S/C34H37N9O4/c1-20-11-13-22(14-12-20)18-43-28-27(24-9-6-10-25(17-24)29-35-21(2)46-40-29)36-31(32-39-34(44)47-41-32)37-30(28)38-33(43)42-15-16-45-19-26(42)23-7-4-3-5-8-23/h3-10,17,20,22,26,34,44H,11-16,18-19H2,1-2H3,(H,39,41)/t20-,22-,26-,34+/m0/s1. The topological polar surface area (TPSA) is 149 Å². The summed E-state index contributed by atoms with van der Waals surface area (Å²) < 4.78 is 13.6. The lowest BCUT2D eigenvalue weighted by molar-refractivity contribution is -0.0896. The van der Waals surface area contributed by atoms with Crippen LogP contribution < -0.4 is 10.2 Å². The summed E-state index contributed by atoms with van der Waals surface area (Å²) in [5.41, 5.74) is 4.86. The average Bonchev–Trinajstić information content (AvgIpc) is 3.84. The molecule has 13 nitrogen and oxygen atoms in total. The van der Waals surface area contributed by atoms with Crippen molar-refractivity contribution >= 4 is 22.9 Å². The van der Waals surface area contributed by atoms with Crippen LogP contribution in [0.2, 0.25) is 0 Å². The molecule has 0 bridgehead atoms. The summed E-state index contributed by atoms with van der Waals surface area (Å²) in [7, 11) is 0. The number of aryl methyl sites for hydroxylation is 1. The van der Waals surface area contributed by atoms with Gasteiger partial charge in [0.25, 0.3) is 0 Å². The number of imidazole rings is 1. The van der Waals surface area contributed by atoms with Crippen LogP contribution in [0.5, 0.6) is 0 Å². The van der Waals surface area contributed by atoms with E-state index in [-0.39, 0.29) is 17.7 Å². The largest absolute Gasteiger partial charge is 0.377 e. The van der Waals surface area contributed by atoms with Gasteiger partial charge in [-0.2, -0.15) is 9.97 Å². The van der Waals surface area contributed by atoms with Crippen LogP contribution in [0.3, 0.4) is 0 Å². The summed E-state index contributed by atoms with van der Waals surface area (Å²) in [6.07, 6.45) is 3.46. The minimum absolute atomic E-state index is 0.0167. The van der Waals surface area contributed by atoms with E-state index < -0.39 is 6.41 Å². The fourth-order valence-corrected chi connectivity index (χ4v) is 6.89. The Labute approximate surface area is 271 Å². The lowest BCUT2D eigenvalue weighted by atomic mass is 9.83. The number of aliphatic hydroxyl groups excluding tert-OH is 1. The molecule has 8 rings (SSSR count). The Bertz CT molecular complexity index is 1920. The van der Waals surface area contributed by atoms with Gasteiger partial charge in [-0.3, -0.25) is 0 Å². The van der Waals surface area contributed by atoms with Crippen molar-refractivity contribution in [2.75, 3.05) is 24.7 Å². The molecule has 0 amide bonds. The van der Waals surface area contributed by atoms with Crippen molar-refractivity contribution in [2.45, 2.75) is 58.5 Å². The zero-order valence-corrected chi connectivity index (χ0v) is 26.4. The summed E-state index contributed by atoms with van der Waals surface area (Å²) in [5, 5.41) is 21.0. The summed E-state index contributed by atoms with van der Waals surface area (Å²) in [6.45, 7) is 6.74. The summed E-state index contributed by atoms with van der Waals surface area (Å²) >= 11 is 0. The van der Waals surface area contributed by atoms with Gasteiger partial charge in [0.2, 0.25) is 29.3 Å². The second-order valence-electron chi connectivity index (χ2n) is 12.7. The molecule has 5 heterocycles. The van der Waals surface area contributed by atoms with Gasteiger partial charge in [0.05, 0.1) is 19.3 Å². The summed E-state index contributed by atoms with van der Waals surface area (Å²) in [6, 6.07) is 18.4. The third-order valence-corrected chi connectivity index (χ3v) is 9.37. The number of anilines is 1. The van der Waals surface area contributed by atoms with E-state index in [0.29, 0.717) is 48.7 Å². The molecule has 1 aliphatic carbocycles. The smallest absolute Gasteiger partial charge is 0.305 e. The van der Waals surface area contributed by atoms with Crippen LogP contribution in [0.1, 0.15) is 55.9 Å². The summed E-state index contributed by atoms with van der Waals surface area (Å²) in [5.74, 6) is 3.56. The molecule has 47 heavy (non-hydrogen) atoms. The van der Waals surface area contributed by atoms with Crippen molar-refractivity contribution in [1.29, 1.82) is 0 Å². The molecule has 242 valence electrons. The Morgan fingerprint density at radius 1 is 0.936 bits per heavy atom. The second-order valence-corrected chi connectivity index (χ2v) is 12.7. The number of nitrogens with one attached hydrogen (secondary N) is 1. The number of morpholine rings is 1. The van der Waals surface area contributed by atoms with Gasteiger partial charge in [0.15, 0.2) is 5.65 Å². The quantitative estimate of drug-likeness (QED) is 0.254. The fourth-order valence-electron chi connectivity index (χ4n) is 6.89. The minimum Gasteiger partial charge on any atom is -0.377 e. The van der Waals surface area contributed by atoms with Crippen LogP contribution in [0.25, 0.3) is 33.8 Å². The van der Waals surface area contributed by atoms with Gasteiger partial charge in [0, 0.05) is 31.1 Å². The minimum atomic E-state index is -1.28. The van der Waals surface area contributed by atoms with E-state index in [4.69, 9.17) is 29.0 Å². The number of ether oxygens (including phenoxy) is 1. The molecule has 0 unspecified atom stereocenters. The van der Waals surface area contributed by atoms with Gasteiger partial charge >= 0.3 is 6.41 Å². The fraction of sp³-hybridized carbons (Fsp3) is 0.412. The molecule has 13 heteroatoms. The zero-order chi connectivity index (χ0) is 31.9. The van der Waals surface area contributed by atoms with E-state index in [9.17, 15) is 5.11 Å². The van der Waals surface area contributed by atoms with E-state index in [0.717, 1.165) is 47.9 Å². The van der Waals surface area contributed by atoms with Gasteiger partial charge in [-0.1, -0.05) is 78.6 Å². The first-order chi connectivity index (χ1) is 23.0. The van der Waals surface area contributed by atoms with E-state index in [1.165, 1.54) is 18.4 Å². The zero-order valence-electron chi connectivity index (χ0n) is 26.4. The van der Waals surface area contributed by atoms with Gasteiger partial charge in [0.1, 0.15) is 11.2 Å². The Hall–Kier alpha value is -4.88. The number of fused-ring (bicyclic) bond motifs is 1. The molecular formula is C34H37N9O4. The molecule has 1 saturated heterocycles. The number of rotatable bonds is 7. The van der Waals surface area contributed by atoms with Gasteiger partial charge in [-0.15, -0.1) is 0 Å². The molecule has 2 aromatic carbocycles. The van der Waals surface area contributed by atoms with Crippen molar-refractivity contribution in [3.05, 3.63) is 71.9 Å². The highest BCUT2D eigenvalue weighted by Gasteiger charge is 2.33. The Balaban J connectivity index is 1.33. The Kier molecular flexibility index (Phi) is 7.77. The molecular weight excluding hydrogens is 598 g/mol. The second kappa shape index (κ2) is 12.4. The van der Waals surface area contributed by atoms with Crippen LogP contribution in [0.15, 0.2) is 64.3 Å². The maximum atomic E-state index is 10.0. The summed E-state index contributed by atoms with van der Waals surface area (Å²) in [4.78, 5) is 27.1. The van der Waals surface area contributed by atoms with Crippen molar-refractivity contribution in [1.82, 2.24) is 35.0 Å². The van der Waals surface area contributed by atoms with Crippen LogP contribution in [-0.2, 0) is 16.1 Å². The normalized spacial score (nSPS) is 23.0. The maximum absolute atomic E-state index is 10.0. The Morgan fingerprint density at radius 3 is 2.53 bits per heavy atom. The third-order valence-electron chi connectivity index (χ3n) is 9.37. The average molecular weight is 636 g/mol. The number of nitrogens with zero attached hydrogens (tertiary/aromatic N) is 8. The van der Waals surface area contributed by atoms with E-state index in [1.807, 2.05) is 30.3 Å². The van der Waals surface area contributed by atoms with Crippen molar-refractivity contribution in [3.63, 3.8) is 0 Å². The van der Waals surface area contributed by atoms with Crippen LogP contribution in [0.4, 0.5) is 5.95 Å². The third kappa shape index (κ3) is 5.80. The molecule has 1 saturated carbocycles. The molecule has 0 radical (unpaired) electrons. The highest BCUT2D eigenvalue weighted by atomic mass is 16.7. The number of oxime groups is 1. The molecule has 0 spiro atoms. The molecule has 3 aromatic heterocycles. The lowest BCUT2D eigenvalue weighted by Crippen LogP contribution is -2.41. The first-order valence-electron chi connectivity index (χ1n) is 16.3. The van der Waals surface area contributed by atoms with E-state index in [2.05, 4.69) is 61.3 Å². The predicted molar refractivity (Wildman–Crippen MR) is 174 cm³/mol. The molecule has 5 aromatic rings. The van der Waals surface area contributed by atoms with E-state index >= 15 is 0 Å². The van der Waals surface area contributed by atoms with Crippen LogP contribution in [-0.4, -0.2) is 66.8 Å². The van der Waals surface area contributed by atoms with Crippen LogP contribution in [0, 0.1) is 18.8 Å². The molecule has 3 aliphatic rings. The molecule has 2 atom stereocenters. The first-order valence-corrected chi connectivity index (χ1v) is 16.3. The number of aromatic nitrogens is 6. The molecule has 2 aliphatic heterocycles. The molecule has 2 N–H and O–H groups in total. The number of benzene rings is 2. The van der Waals surface area contributed by atoms with Gasteiger partial charge in [-0.05, 0) is 36.3 Å². The number of hydrogen-bond donors (Lipinski definition) is 2. The van der Waals surface area contributed by atoms with Crippen molar-refractivity contribution in [2.24, 2.45) is 17.0 Å². The highest BCUT2D eigenvalue weighted by Crippen LogP contribution is 2.38. The Morgan fingerprint density at radius 2 is 1.77 bits per heavy atom. The van der Waals surface area contributed by atoms with Crippen LogP contribution >= 0.6 is 0 Å². The molecule has 2 fully saturated rings. The van der Waals surface area contributed by atoms with Gasteiger partial charge < -0.3 is 34.0 Å². The maximum Gasteiger partial charge on any atom is 0.305 e. The number of amidine groups is 1. The highest BCUT2D eigenvalue weighted by molar-refractivity contribution is 5.99. The van der Waals surface area contributed by atoms with E-state index in [1.54, 1.807) is 6.92 Å². The van der Waals surface area contributed by atoms with Gasteiger partial charge in [-0.25, -0.2) is 9.97 Å². The number of hydrogen-bond acceptors (Lipinski definition) is 12. The predicted octanol–water partition coefficient (Wildman–Crippen LogP) is 4.81. The SMILES string of the molecule is Cc1nc(-c2cccc(-c3nc(C4=NO[C@@H](O)N4)nc4nc(N5CCOC[C@H]5c5ccccc5)n(C[C@H]5CC[C@H](C)CC5)c34)c2)no1. The van der Waals surface area contributed by atoms with Crippen molar-refractivity contribution in [3.8, 4) is 22.6 Å². The monoisotopic (exact) mass is 635 g/mol. The first kappa shape index (κ1) is 29.5. The van der Waals surface area contributed by atoms with Crippen molar-refractivity contribution < 1.29 is 19.2 Å². The lowest BCUT2D eigenvalue weighted by Gasteiger charge is -2.37. The number of aliphatic hydroxyl groups is 1.